The van der Waals surface area contributed by atoms with Crippen LogP contribution in [0, 0.1) is 6.92 Å². The van der Waals surface area contributed by atoms with Crippen molar-refractivity contribution in [2.75, 3.05) is 13.2 Å². The summed E-state index contributed by atoms with van der Waals surface area (Å²) in [5, 5.41) is 5.05. The Kier molecular flexibility index (Phi) is 7.02. The number of nitrogens with zero attached hydrogens (tertiary/aromatic N) is 1. The molecule has 0 aliphatic carbocycles. The van der Waals surface area contributed by atoms with E-state index >= 15 is 0 Å². The summed E-state index contributed by atoms with van der Waals surface area (Å²) < 4.78 is 5.00. The Morgan fingerprint density at radius 1 is 1.43 bits per heavy atom. The third-order valence-corrected chi connectivity index (χ3v) is 4.50. The summed E-state index contributed by atoms with van der Waals surface area (Å²) >= 11 is 7.50. The first kappa shape index (κ1) is 17.9. The van der Waals surface area contributed by atoms with Gasteiger partial charge in [-0.3, -0.25) is 0 Å². The van der Waals surface area contributed by atoms with Crippen LogP contribution in [0.2, 0.25) is 5.02 Å². The van der Waals surface area contributed by atoms with Gasteiger partial charge in [0.1, 0.15) is 5.01 Å². The molecule has 2 rings (SSSR count). The zero-order valence-electron chi connectivity index (χ0n) is 13.4. The Morgan fingerprint density at radius 2 is 2.26 bits per heavy atom. The highest BCUT2D eigenvalue weighted by atomic mass is 35.5. The fraction of sp³-hybridized carbons (Fsp3) is 0.412. The number of hydrogen-bond donors (Lipinski definition) is 1. The fourth-order valence-corrected chi connectivity index (χ4v) is 3.32. The zero-order valence-corrected chi connectivity index (χ0v) is 15.0. The number of aromatic nitrogens is 1. The van der Waals surface area contributed by atoms with Crippen molar-refractivity contribution in [2.45, 2.75) is 33.2 Å². The van der Waals surface area contributed by atoms with Crippen LogP contribution in [0.15, 0.2) is 24.3 Å². The number of esters is 1. The second-order valence-corrected chi connectivity index (χ2v) is 6.87. The van der Waals surface area contributed by atoms with Gasteiger partial charge >= 0.3 is 5.97 Å². The number of hydrogen-bond acceptors (Lipinski definition) is 5. The van der Waals surface area contributed by atoms with Crippen LogP contribution in [0.5, 0.6) is 0 Å². The van der Waals surface area contributed by atoms with Gasteiger partial charge in [0.25, 0.3) is 0 Å². The molecule has 124 valence electrons. The molecule has 0 amide bonds. The van der Waals surface area contributed by atoms with Gasteiger partial charge in [0.2, 0.25) is 0 Å². The van der Waals surface area contributed by atoms with Crippen molar-refractivity contribution in [3.8, 4) is 0 Å². The van der Waals surface area contributed by atoms with Gasteiger partial charge in [-0.1, -0.05) is 23.7 Å². The van der Waals surface area contributed by atoms with E-state index in [1.807, 2.05) is 25.1 Å². The summed E-state index contributed by atoms with van der Waals surface area (Å²) in [6.07, 6.45) is 2.01. The number of nitrogens with one attached hydrogen (secondary N) is 1. The molecule has 2 aromatic rings. The Labute approximate surface area is 145 Å². The van der Waals surface area contributed by atoms with E-state index in [-0.39, 0.29) is 5.97 Å². The molecule has 1 aromatic carbocycles. The van der Waals surface area contributed by atoms with Crippen molar-refractivity contribution < 1.29 is 9.53 Å². The Bertz CT molecular complexity index is 658. The maximum absolute atomic E-state index is 11.7. The molecule has 1 aromatic heterocycles. The smallest absolute Gasteiger partial charge is 0.358 e. The van der Waals surface area contributed by atoms with Crippen LogP contribution in [0.3, 0.4) is 0 Å². The molecule has 0 spiro atoms. The number of halogens is 1. The van der Waals surface area contributed by atoms with Crippen molar-refractivity contribution in [2.24, 2.45) is 0 Å². The Morgan fingerprint density at radius 3 is 3.00 bits per heavy atom. The highest BCUT2D eigenvalue weighted by Gasteiger charge is 2.15. The molecule has 0 atom stereocenters. The van der Waals surface area contributed by atoms with Crippen molar-refractivity contribution in [3.63, 3.8) is 0 Å². The maximum atomic E-state index is 11.7. The van der Waals surface area contributed by atoms with Crippen molar-refractivity contribution in [1.82, 2.24) is 10.3 Å². The molecule has 0 unspecified atom stereocenters. The van der Waals surface area contributed by atoms with Crippen LogP contribution >= 0.6 is 22.9 Å². The number of ether oxygens (including phenoxy) is 1. The lowest BCUT2D eigenvalue weighted by atomic mass is 10.1. The number of aryl methyl sites for hydroxylation is 2. The summed E-state index contributed by atoms with van der Waals surface area (Å²) in [6, 6.07) is 7.94. The maximum Gasteiger partial charge on any atom is 0.358 e. The van der Waals surface area contributed by atoms with E-state index in [9.17, 15) is 4.79 Å². The monoisotopic (exact) mass is 352 g/mol. The predicted molar refractivity (Wildman–Crippen MR) is 94.3 cm³/mol. The van der Waals surface area contributed by atoms with Gasteiger partial charge < -0.3 is 10.1 Å². The van der Waals surface area contributed by atoms with Gasteiger partial charge in [-0.05, 0) is 50.9 Å². The van der Waals surface area contributed by atoms with Crippen LogP contribution in [-0.2, 0) is 17.7 Å². The molecular weight excluding hydrogens is 332 g/mol. The SMILES string of the molecule is CCOC(=O)c1nc(CNCCCc2cccc(Cl)c2)sc1C. The summed E-state index contributed by atoms with van der Waals surface area (Å²) in [6.45, 7) is 5.61. The van der Waals surface area contributed by atoms with E-state index in [1.165, 1.54) is 16.9 Å². The van der Waals surface area contributed by atoms with E-state index in [0.29, 0.717) is 18.8 Å². The predicted octanol–water partition coefficient (Wildman–Crippen LogP) is 4.00. The van der Waals surface area contributed by atoms with Crippen LogP contribution in [0.4, 0.5) is 0 Å². The standard InChI is InChI=1S/C17H21ClN2O2S/c1-3-22-17(21)16-12(2)23-15(20-16)11-19-9-5-7-13-6-4-8-14(18)10-13/h4,6,8,10,19H,3,5,7,9,11H2,1-2H3. The van der Waals surface area contributed by atoms with E-state index < -0.39 is 0 Å². The number of rotatable bonds is 8. The van der Waals surface area contributed by atoms with Gasteiger partial charge in [0, 0.05) is 16.4 Å². The molecule has 0 fully saturated rings. The van der Waals surface area contributed by atoms with Crippen molar-refractivity contribution in [1.29, 1.82) is 0 Å². The fourth-order valence-electron chi connectivity index (χ4n) is 2.22. The molecule has 0 aliphatic heterocycles. The Hall–Kier alpha value is -1.43. The molecular formula is C17H21ClN2O2S. The summed E-state index contributed by atoms with van der Waals surface area (Å²) in [4.78, 5) is 17.0. The molecule has 0 radical (unpaired) electrons. The molecule has 1 N–H and O–H groups in total. The molecule has 4 nitrogen and oxygen atoms in total. The van der Waals surface area contributed by atoms with Crippen LogP contribution < -0.4 is 5.32 Å². The van der Waals surface area contributed by atoms with Gasteiger partial charge in [-0.2, -0.15) is 0 Å². The second kappa shape index (κ2) is 9.01. The van der Waals surface area contributed by atoms with Crippen LogP contribution in [-0.4, -0.2) is 24.1 Å². The lowest BCUT2D eigenvalue weighted by Crippen LogP contribution is -2.15. The highest BCUT2D eigenvalue weighted by molar-refractivity contribution is 7.11. The van der Waals surface area contributed by atoms with Crippen LogP contribution in [0.25, 0.3) is 0 Å². The van der Waals surface area contributed by atoms with Gasteiger partial charge in [0.15, 0.2) is 5.69 Å². The second-order valence-electron chi connectivity index (χ2n) is 5.14. The molecule has 0 aliphatic rings. The molecule has 1 heterocycles. The normalized spacial score (nSPS) is 10.7. The lowest BCUT2D eigenvalue weighted by Gasteiger charge is -2.03. The lowest BCUT2D eigenvalue weighted by molar-refractivity contribution is 0.0519. The summed E-state index contributed by atoms with van der Waals surface area (Å²) in [5.41, 5.74) is 1.68. The summed E-state index contributed by atoms with van der Waals surface area (Å²) in [5.74, 6) is -0.339. The minimum absolute atomic E-state index is 0.339. The third kappa shape index (κ3) is 5.61. The van der Waals surface area contributed by atoms with Crippen molar-refractivity contribution in [3.05, 3.63) is 50.4 Å². The minimum Gasteiger partial charge on any atom is -0.461 e. The average Bonchev–Trinajstić information content (AvgIpc) is 2.88. The number of benzene rings is 1. The number of thiazole rings is 1. The van der Waals surface area contributed by atoms with Crippen molar-refractivity contribution >= 4 is 28.9 Å². The van der Waals surface area contributed by atoms with E-state index in [4.69, 9.17) is 16.3 Å². The third-order valence-electron chi connectivity index (χ3n) is 3.29. The van der Waals surface area contributed by atoms with Gasteiger partial charge in [-0.25, -0.2) is 9.78 Å². The number of carbonyl (C=O) groups is 1. The molecule has 0 bridgehead atoms. The molecule has 0 saturated carbocycles. The molecule has 0 saturated heterocycles. The minimum atomic E-state index is -0.339. The van der Waals surface area contributed by atoms with Gasteiger partial charge in [-0.15, -0.1) is 11.3 Å². The van der Waals surface area contributed by atoms with Gasteiger partial charge in [0.05, 0.1) is 6.61 Å². The van der Waals surface area contributed by atoms with E-state index in [2.05, 4.69) is 16.4 Å². The molecule has 6 heteroatoms. The average molecular weight is 353 g/mol. The number of carbonyl (C=O) groups excluding carboxylic acids is 1. The largest absolute Gasteiger partial charge is 0.461 e. The zero-order chi connectivity index (χ0) is 16.7. The van der Waals surface area contributed by atoms with E-state index in [1.54, 1.807) is 6.92 Å². The Balaban J connectivity index is 1.74. The van der Waals surface area contributed by atoms with E-state index in [0.717, 1.165) is 34.3 Å². The van der Waals surface area contributed by atoms with Crippen LogP contribution in [0.1, 0.15) is 39.3 Å². The topological polar surface area (TPSA) is 51.2 Å². The first-order valence-electron chi connectivity index (χ1n) is 7.68. The quantitative estimate of drug-likeness (QED) is 0.576. The first-order chi connectivity index (χ1) is 11.1. The first-order valence-corrected chi connectivity index (χ1v) is 8.88. The molecule has 23 heavy (non-hydrogen) atoms. The highest BCUT2D eigenvalue weighted by Crippen LogP contribution is 2.18. The summed E-state index contributed by atoms with van der Waals surface area (Å²) in [7, 11) is 0.